The zero-order valence-electron chi connectivity index (χ0n) is 17.6. The van der Waals surface area contributed by atoms with E-state index in [2.05, 4.69) is 46.2 Å². The molecule has 4 rings (SSSR count). The molecule has 30 heavy (non-hydrogen) atoms. The Morgan fingerprint density at radius 2 is 1.80 bits per heavy atom. The van der Waals surface area contributed by atoms with Crippen LogP contribution in [0, 0.1) is 12.8 Å². The van der Waals surface area contributed by atoms with Crippen molar-refractivity contribution in [2.75, 3.05) is 20.1 Å². The number of carbonyl (C=O) groups excluding carboxylic acids is 1. The number of aryl methyl sites for hydroxylation is 1. The second-order valence-corrected chi connectivity index (χ2v) is 8.05. The van der Waals surface area contributed by atoms with E-state index >= 15 is 0 Å². The number of benzene rings is 2. The maximum Gasteiger partial charge on any atom is 0.246 e. The zero-order chi connectivity index (χ0) is 20.9. The SMILES string of the molecule is Cc1ccccc1CN1CCC(C(=O)N(C)Cc2nc(-c3ccccc3)no2)CC1. The number of hydrogen-bond acceptors (Lipinski definition) is 5. The summed E-state index contributed by atoms with van der Waals surface area (Å²) in [6, 6.07) is 18.2. The standard InChI is InChI=1S/C24H28N4O2/c1-18-8-6-7-11-21(18)16-28-14-12-20(13-15-28)24(29)27(2)17-22-25-23(26-30-22)19-9-4-3-5-10-19/h3-11,20H,12-17H2,1-2H3. The fourth-order valence-electron chi connectivity index (χ4n) is 3.98. The molecule has 1 aliphatic heterocycles. The van der Waals surface area contributed by atoms with Crippen LogP contribution >= 0.6 is 0 Å². The quantitative estimate of drug-likeness (QED) is 0.623. The van der Waals surface area contributed by atoms with Crippen molar-refractivity contribution in [1.29, 1.82) is 0 Å². The lowest BCUT2D eigenvalue weighted by Crippen LogP contribution is -2.40. The van der Waals surface area contributed by atoms with Crippen molar-refractivity contribution >= 4 is 5.91 Å². The third kappa shape index (κ3) is 4.76. The van der Waals surface area contributed by atoms with Crippen molar-refractivity contribution in [3.8, 4) is 11.4 Å². The van der Waals surface area contributed by atoms with Gasteiger partial charge in [-0.05, 0) is 44.0 Å². The number of hydrogen-bond donors (Lipinski definition) is 0. The second kappa shape index (κ2) is 9.22. The second-order valence-electron chi connectivity index (χ2n) is 8.05. The minimum atomic E-state index is 0.0552. The van der Waals surface area contributed by atoms with E-state index in [1.165, 1.54) is 11.1 Å². The molecular weight excluding hydrogens is 376 g/mol. The van der Waals surface area contributed by atoms with Crippen molar-refractivity contribution in [3.05, 3.63) is 71.6 Å². The number of carbonyl (C=O) groups is 1. The lowest BCUT2D eigenvalue weighted by molar-refractivity contribution is -0.136. The van der Waals surface area contributed by atoms with Crippen LogP contribution in [0.1, 0.15) is 29.9 Å². The van der Waals surface area contributed by atoms with Gasteiger partial charge in [0.25, 0.3) is 0 Å². The van der Waals surface area contributed by atoms with Crippen molar-refractivity contribution in [3.63, 3.8) is 0 Å². The first-order chi connectivity index (χ1) is 14.6. The molecule has 0 unspecified atom stereocenters. The number of nitrogens with zero attached hydrogens (tertiary/aromatic N) is 4. The van der Waals surface area contributed by atoms with E-state index in [4.69, 9.17) is 4.52 Å². The van der Waals surface area contributed by atoms with E-state index in [0.717, 1.165) is 38.0 Å². The third-order valence-corrected chi connectivity index (χ3v) is 5.84. The molecule has 2 heterocycles. The highest BCUT2D eigenvalue weighted by Gasteiger charge is 2.28. The van der Waals surface area contributed by atoms with Gasteiger partial charge in [-0.25, -0.2) is 0 Å². The molecule has 1 aliphatic rings. The molecule has 1 saturated heterocycles. The van der Waals surface area contributed by atoms with E-state index in [1.807, 2.05) is 37.4 Å². The van der Waals surface area contributed by atoms with Crippen molar-refractivity contribution < 1.29 is 9.32 Å². The summed E-state index contributed by atoms with van der Waals surface area (Å²) in [6.07, 6.45) is 1.77. The monoisotopic (exact) mass is 404 g/mol. The van der Waals surface area contributed by atoms with Crippen LogP contribution in [-0.4, -0.2) is 46.0 Å². The molecule has 0 aliphatic carbocycles. The largest absolute Gasteiger partial charge is 0.337 e. The van der Waals surface area contributed by atoms with Crippen molar-refractivity contribution in [2.24, 2.45) is 5.92 Å². The summed E-state index contributed by atoms with van der Waals surface area (Å²) in [5, 5.41) is 4.04. The van der Waals surface area contributed by atoms with Gasteiger partial charge in [0, 0.05) is 25.1 Å². The van der Waals surface area contributed by atoms with Gasteiger partial charge in [-0.15, -0.1) is 0 Å². The maximum atomic E-state index is 12.9. The summed E-state index contributed by atoms with van der Waals surface area (Å²) in [5.74, 6) is 1.22. The molecule has 6 nitrogen and oxygen atoms in total. The molecule has 6 heteroatoms. The normalized spacial score (nSPS) is 15.3. The van der Waals surface area contributed by atoms with Crippen molar-refractivity contribution in [2.45, 2.75) is 32.9 Å². The van der Waals surface area contributed by atoms with Gasteiger partial charge < -0.3 is 9.42 Å². The Hall–Kier alpha value is -2.99. The molecule has 3 aromatic rings. The molecule has 0 N–H and O–H groups in total. The van der Waals surface area contributed by atoms with Crippen LogP contribution in [-0.2, 0) is 17.9 Å². The molecule has 0 saturated carbocycles. The predicted octanol–water partition coefficient (Wildman–Crippen LogP) is 3.92. The summed E-state index contributed by atoms with van der Waals surface area (Å²) >= 11 is 0. The Balaban J connectivity index is 1.29. The number of amides is 1. The molecule has 1 amide bonds. The Labute approximate surface area is 177 Å². The summed E-state index contributed by atoms with van der Waals surface area (Å²) < 4.78 is 5.36. The molecule has 0 spiro atoms. The van der Waals surface area contributed by atoms with Crippen LogP contribution in [0.25, 0.3) is 11.4 Å². The van der Waals surface area contributed by atoms with Gasteiger partial charge in [0.05, 0.1) is 6.54 Å². The van der Waals surface area contributed by atoms with Crippen LogP contribution < -0.4 is 0 Å². The Morgan fingerprint density at radius 3 is 2.53 bits per heavy atom. The highest BCUT2D eigenvalue weighted by atomic mass is 16.5. The van der Waals surface area contributed by atoms with Gasteiger partial charge in [-0.3, -0.25) is 9.69 Å². The van der Waals surface area contributed by atoms with E-state index in [0.29, 0.717) is 18.3 Å². The Kier molecular flexibility index (Phi) is 6.23. The number of piperidine rings is 1. The summed E-state index contributed by atoms with van der Waals surface area (Å²) in [5.41, 5.74) is 3.59. The molecular formula is C24H28N4O2. The molecule has 0 bridgehead atoms. The van der Waals surface area contributed by atoms with Gasteiger partial charge in [-0.1, -0.05) is 59.8 Å². The number of rotatable bonds is 6. The average molecular weight is 405 g/mol. The Bertz CT molecular complexity index is 978. The number of aromatic nitrogens is 2. The Morgan fingerprint density at radius 1 is 1.10 bits per heavy atom. The molecule has 0 radical (unpaired) electrons. The van der Waals surface area contributed by atoms with Gasteiger partial charge in [0.2, 0.25) is 17.6 Å². The number of likely N-dealkylation sites (tertiary alicyclic amines) is 1. The minimum absolute atomic E-state index is 0.0552. The van der Waals surface area contributed by atoms with Crippen LogP contribution in [0.2, 0.25) is 0 Å². The lowest BCUT2D eigenvalue weighted by Gasteiger charge is -2.33. The van der Waals surface area contributed by atoms with Crippen LogP contribution in [0.4, 0.5) is 0 Å². The smallest absolute Gasteiger partial charge is 0.246 e. The fourth-order valence-corrected chi connectivity index (χ4v) is 3.98. The first-order valence-corrected chi connectivity index (χ1v) is 10.5. The van der Waals surface area contributed by atoms with E-state index in [9.17, 15) is 4.79 Å². The summed E-state index contributed by atoms with van der Waals surface area (Å²) in [4.78, 5) is 21.5. The fraction of sp³-hybridized carbons (Fsp3) is 0.375. The minimum Gasteiger partial charge on any atom is -0.337 e. The maximum absolute atomic E-state index is 12.9. The van der Waals surface area contributed by atoms with Crippen LogP contribution in [0.3, 0.4) is 0 Å². The highest BCUT2D eigenvalue weighted by Crippen LogP contribution is 2.23. The first kappa shape index (κ1) is 20.3. The first-order valence-electron chi connectivity index (χ1n) is 10.5. The molecule has 156 valence electrons. The third-order valence-electron chi connectivity index (χ3n) is 5.84. The topological polar surface area (TPSA) is 62.5 Å². The lowest BCUT2D eigenvalue weighted by atomic mass is 9.94. The molecule has 1 aromatic heterocycles. The van der Waals surface area contributed by atoms with E-state index in [-0.39, 0.29) is 11.8 Å². The van der Waals surface area contributed by atoms with Gasteiger partial charge in [0.1, 0.15) is 0 Å². The van der Waals surface area contributed by atoms with Crippen molar-refractivity contribution in [1.82, 2.24) is 19.9 Å². The summed E-state index contributed by atoms with van der Waals surface area (Å²) in [6.45, 7) is 5.33. The zero-order valence-corrected chi connectivity index (χ0v) is 17.6. The van der Waals surface area contributed by atoms with E-state index in [1.54, 1.807) is 4.90 Å². The molecule has 0 atom stereocenters. The van der Waals surface area contributed by atoms with Gasteiger partial charge in [-0.2, -0.15) is 4.98 Å². The highest BCUT2D eigenvalue weighted by molar-refractivity contribution is 5.78. The van der Waals surface area contributed by atoms with Gasteiger partial charge in [0.15, 0.2) is 0 Å². The predicted molar refractivity (Wildman–Crippen MR) is 115 cm³/mol. The van der Waals surface area contributed by atoms with E-state index < -0.39 is 0 Å². The molecule has 1 fully saturated rings. The van der Waals surface area contributed by atoms with Gasteiger partial charge >= 0.3 is 0 Å². The average Bonchev–Trinajstić information content (AvgIpc) is 3.24. The van der Waals surface area contributed by atoms with Crippen LogP contribution in [0.15, 0.2) is 59.1 Å². The summed E-state index contributed by atoms with van der Waals surface area (Å²) in [7, 11) is 1.81. The van der Waals surface area contributed by atoms with Crippen LogP contribution in [0.5, 0.6) is 0 Å². The molecule has 2 aromatic carbocycles.